The molecular weight excluding hydrogens is 375 g/mol. The SMILES string of the molecule is C1CCOCC1.C=CCOc1cc(O)cc(F)c1C(=O)C(C)c1ccc(O)cc1. The van der Waals surface area contributed by atoms with Gasteiger partial charge in [-0.1, -0.05) is 31.7 Å². The van der Waals surface area contributed by atoms with Crippen molar-refractivity contribution in [1.29, 1.82) is 0 Å². The van der Waals surface area contributed by atoms with Crippen molar-refractivity contribution in [3.8, 4) is 17.2 Å². The number of Topliss-reactive ketones (excluding diaryl/α,β-unsaturated/α-hetero) is 1. The number of ketones is 1. The Morgan fingerprint density at radius 2 is 1.83 bits per heavy atom. The normalized spacial score (nSPS) is 14.3. The monoisotopic (exact) mass is 402 g/mol. The fourth-order valence-electron chi connectivity index (χ4n) is 2.89. The van der Waals surface area contributed by atoms with Crippen molar-refractivity contribution in [3.05, 3.63) is 66.0 Å². The van der Waals surface area contributed by atoms with Crippen molar-refractivity contribution in [2.75, 3.05) is 19.8 Å². The second-order valence-corrected chi connectivity index (χ2v) is 6.75. The zero-order valence-corrected chi connectivity index (χ0v) is 16.6. The summed E-state index contributed by atoms with van der Waals surface area (Å²) in [5.74, 6) is -2.24. The molecule has 156 valence electrons. The Hall–Kier alpha value is -2.86. The van der Waals surface area contributed by atoms with Crippen molar-refractivity contribution in [1.82, 2.24) is 0 Å². The summed E-state index contributed by atoms with van der Waals surface area (Å²) in [6.45, 7) is 7.21. The molecule has 1 unspecified atom stereocenters. The minimum absolute atomic E-state index is 0.0296. The van der Waals surface area contributed by atoms with Gasteiger partial charge in [-0.15, -0.1) is 0 Å². The molecule has 1 saturated heterocycles. The van der Waals surface area contributed by atoms with E-state index in [9.17, 15) is 19.4 Å². The standard InChI is InChI=1S/C18H17FO4.C5H10O/c1-3-8-23-16-10-14(21)9-15(19)17(16)18(22)11(2)12-4-6-13(20)7-5-12;1-2-4-6-5-3-1/h3-7,9-11,20-21H,1,8H2,2H3;1-5H2. The highest BCUT2D eigenvalue weighted by Gasteiger charge is 2.25. The minimum atomic E-state index is -0.848. The summed E-state index contributed by atoms with van der Waals surface area (Å²) >= 11 is 0. The van der Waals surface area contributed by atoms with Crippen LogP contribution < -0.4 is 4.74 Å². The van der Waals surface area contributed by atoms with Crippen molar-refractivity contribution < 1.29 is 28.9 Å². The molecule has 1 aliphatic heterocycles. The van der Waals surface area contributed by atoms with Gasteiger partial charge in [0.15, 0.2) is 5.78 Å². The first-order chi connectivity index (χ1) is 13.9. The van der Waals surface area contributed by atoms with E-state index in [0.29, 0.717) is 5.56 Å². The summed E-state index contributed by atoms with van der Waals surface area (Å²) in [4.78, 5) is 12.7. The van der Waals surface area contributed by atoms with Gasteiger partial charge in [0, 0.05) is 31.3 Å². The van der Waals surface area contributed by atoms with Crippen LogP contribution in [0.2, 0.25) is 0 Å². The van der Waals surface area contributed by atoms with Crippen LogP contribution in [0.25, 0.3) is 0 Å². The molecular formula is C23H27FO5. The fourth-order valence-corrected chi connectivity index (χ4v) is 2.89. The van der Waals surface area contributed by atoms with Gasteiger partial charge in [0.1, 0.15) is 29.7 Å². The molecule has 1 aliphatic rings. The Kier molecular flexibility index (Phi) is 8.68. The van der Waals surface area contributed by atoms with Gasteiger partial charge in [0.25, 0.3) is 0 Å². The van der Waals surface area contributed by atoms with Crippen molar-refractivity contribution in [2.45, 2.75) is 32.1 Å². The molecule has 0 saturated carbocycles. The molecule has 1 heterocycles. The van der Waals surface area contributed by atoms with E-state index in [1.807, 2.05) is 0 Å². The van der Waals surface area contributed by atoms with Gasteiger partial charge in [0.2, 0.25) is 0 Å². The van der Waals surface area contributed by atoms with E-state index in [4.69, 9.17) is 9.47 Å². The predicted molar refractivity (Wildman–Crippen MR) is 109 cm³/mol. The van der Waals surface area contributed by atoms with E-state index in [2.05, 4.69) is 6.58 Å². The van der Waals surface area contributed by atoms with Gasteiger partial charge in [-0.3, -0.25) is 4.79 Å². The lowest BCUT2D eigenvalue weighted by Crippen LogP contribution is -2.14. The van der Waals surface area contributed by atoms with Crippen LogP contribution in [0, 0.1) is 5.82 Å². The highest BCUT2D eigenvalue weighted by atomic mass is 19.1. The molecule has 0 bridgehead atoms. The van der Waals surface area contributed by atoms with E-state index < -0.39 is 17.5 Å². The van der Waals surface area contributed by atoms with E-state index in [-0.39, 0.29) is 29.4 Å². The Balaban J connectivity index is 0.000000426. The topological polar surface area (TPSA) is 76.0 Å². The molecule has 0 aromatic heterocycles. The second kappa shape index (κ2) is 11.2. The number of halogens is 1. The van der Waals surface area contributed by atoms with Crippen molar-refractivity contribution >= 4 is 5.78 Å². The molecule has 0 amide bonds. The first kappa shape index (κ1) is 22.4. The molecule has 2 aromatic rings. The summed E-state index contributed by atoms with van der Waals surface area (Å²) < 4.78 is 24.6. The largest absolute Gasteiger partial charge is 0.508 e. The number of carbonyl (C=O) groups excluding carboxylic acids is 1. The third-order valence-electron chi connectivity index (χ3n) is 4.51. The third kappa shape index (κ3) is 6.61. The highest BCUT2D eigenvalue weighted by Crippen LogP contribution is 2.32. The van der Waals surface area contributed by atoms with Crippen molar-refractivity contribution in [2.24, 2.45) is 0 Å². The summed E-state index contributed by atoms with van der Waals surface area (Å²) in [7, 11) is 0. The number of carbonyl (C=O) groups is 1. The van der Waals surface area contributed by atoms with Crippen LogP contribution in [0.3, 0.4) is 0 Å². The molecule has 2 N–H and O–H groups in total. The first-order valence-electron chi connectivity index (χ1n) is 9.61. The summed E-state index contributed by atoms with van der Waals surface area (Å²) in [6, 6.07) is 8.19. The van der Waals surface area contributed by atoms with E-state index in [0.717, 1.165) is 19.3 Å². The quantitative estimate of drug-likeness (QED) is 0.527. The lowest BCUT2D eigenvalue weighted by molar-refractivity contribution is 0.0957. The minimum Gasteiger partial charge on any atom is -0.508 e. The number of hydrogen-bond donors (Lipinski definition) is 2. The summed E-state index contributed by atoms with van der Waals surface area (Å²) in [5, 5.41) is 18.8. The fraction of sp³-hybridized carbons (Fsp3) is 0.348. The van der Waals surface area contributed by atoms with Crippen LogP contribution in [-0.2, 0) is 4.74 Å². The Labute approximate surface area is 170 Å². The third-order valence-corrected chi connectivity index (χ3v) is 4.51. The Morgan fingerprint density at radius 1 is 1.17 bits per heavy atom. The lowest BCUT2D eigenvalue weighted by atomic mass is 9.91. The smallest absolute Gasteiger partial charge is 0.176 e. The van der Waals surface area contributed by atoms with Crippen LogP contribution in [0.15, 0.2) is 49.1 Å². The average Bonchev–Trinajstić information content (AvgIpc) is 2.73. The maximum Gasteiger partial charge on any atom is 0.176 e. The number of benzene rings is 2. The first-order valence-corrected chi connectivity index (χ1v) is 9.61. The average molecular weight is 402 g/mol. The molecule has 3 rings (SSSR count). The Morgan fingerprint density at radius 3 is 2.34 bits per heavy atom. The number of phenolic OH excluding ortho intramolecular Hbond substituents is 2. The number of rotatable bonds is 6. The Bertz CT molecular complexity index is 801. The van der Waals surface area contributed by atoms with Crippen LogP contribution in [0.5, 0.6) is 17.2 Å². The molecule has 0 radical (unpaired) electrons. The number of hydrogen-bond acceptors (Lipinski definition) is 5. The van der Waals surface area contributed by atoms with Crippen molar-refractivity contribution in [3.63, 3.8) is 0 Å². The van der Waals surface area contributed by atoms with Gasteiger partial charge < -0.3 is 19.7 Å². The molecule has 5 nitrogen and oxygen atoms in total. The summed E-state index contributed by atoms with van der Waals surface area (Å²) in [6.07, 6.45) is 5.39. The lowest BCUT2D eigenvalue weighted by Gasteiger charge is -2.15. The number of aromatic hydroxyl groups is 2. The predicted octanol–water partition coefficient (Wildman–Crippen LogP) is 4.98. The number of ether oxygens (including phenoxy) is 2. The molecule has 1 fully saturated rings. The maximum absolute atomic E-state index is 14.2. The van der Waals surface area contributed by atoms with Crippen LogP contribution in [-0.4, -0.2) is 35.8 Å². The van der Waals surface area contributed by atoms with Crippen LogP contribution >= 0.6 is 0 Å². The molecule has 1 atom stereocenters. The van der Waals surface area contributed by atoms with Gasteiger partial charge in [0.05, 0.1) is 5.56 Å². The maximum atomic E-state index is 14.2. The highest BCUT2D eigenvalue weighted by molar-refractivity contribution is 6.03. The zero-order chi connectivity index (χ0) is 21.2. The molecule has 0 spiro atoms. The zero-order valence-electron chi connectivity index (χ0n) is 16.6. The molecule has 0 aliphatic carbocycles. The van der Waals surface area contributed by atoms with Crippen LogP contribution in [0.1, 0.15) is 48.0 Å². The van der Waals surface area contributed by atoms with E-state index in [1.165, 1.54) is 43.5 Å². The van der Waals surface area contributed by atoms with Gasteiger partial charge >= 0.3 is 0 Å². The van der Waals surface area contributed by atoms with Gasteiger partial charge in [-0.25, -0.2) is 4.39 Å². The van der Waals surface area contributed by atoms with E-state index >= 15 is 0 Å². The molecule has 29 heavy (non-hydrogen) atoms. The second-order valence-electron chi connectivity index (χ2n) is 6.75. The van der Waals surface area contributed by atoms with Crippen LogP contribution in [0.4, 0.5) is 4.39 Å². The van der Waals surface area contributed by atoms with Gasteiger partial charge in [-0.2, -0.15) is 0 Å². The molecule has 6 heteroatoms. The summed E-state index contributed by atoms with van der Waals surface area (Å²) in [5.41, 5.74) is 0.417. The molecule has 2 aromatic carbocycles. The van der Waals surface area contributed by atoms with Gasteiger partial charge in [-0.05, 0) is 37.0 Å². The van der Waals surface area contributed by atoms with E-state index in [1.54, 1.807) is 19.1 Å². The number of phenols is 2.